The Hall–Kier alpha value is -2.71. The van der Waals surface area contributed by atoms with E-state index in [1.165, 1.54) is 36.9 Å². The smallest absolute Gasteiger partial charge is 0.240 e. The summed E-state index contributed by atoms with van der Waals surface area (Å²) >= 11 is 0. The third kappa shape index (κ3) is 3.32. The van der Waals surface area contributed by atoms with Crippen molar-refractivity contribution in [3.05, 3.63) is 47.5 Å². The van der Waals surface area contributed by atoms with Crippen molar-refractivity contribution in [2.45, 2.75) is 94.0 Å². The van der Waals surface area contributed by atoms with Crippen molar-refractivity contribution >= 4 is 5.91 Å². The molecule has 2 saturated carbocycles. The van der Waals surface area contributed by atoms with Gasteiger partial charge in [0.05, 0.1) is 25.7 Å². The van der Waals surface area contributed by atoms with Crippen LogP contribution in [0.4, 0.5) is 0 Å². The molecule has 3 aliphatic carbocycles. The molecule has 216 valence electrons. The van der Waals surface area contributed by atoms with Gasteiger partial charge >= 0.3 is 0 Å². The highest BCUT2D eigenvalue weighted by molar-refractivity contribution is 5.83. The molecule has 1 aromatic heterocycles. The van der Waals surface area contributed by atoms with Gasteiger partial charge in [0.1, 0.15) is 11.9 Å². The Labute approximate surface area is 242 Å². The topological polar surface area (TPSA) is 71.0 Å². The number of benzene rings is 1. The zero-order chi connectivity index (χ0) is 27.3. The van der Waals surface area contributed by atoms with Crippen molar-refractivity contribution in [3.63, 3.8) is 0 Å². The summed E-state index contributed by atoms with van der Waals surface area (Å²) in [5.74, 6) is 3.82. The monoisotopic (exact) mass is 555 g/mol. The van der Waals surface area contributed by atoms with Crippen molar-refractivity contribution in [2.75, 3.05) is 33.3 Å². The first-order chi connectivity index (χ1) is 20.1. The van der Waals surface area contributed by atoms with Crippen molar-refractivity contribution in [1.82, 2.24) is 24.7 Å². The van der Waals surface area contributed by atoms with E-state index in [0.717, 1.165) is 81.4 Å². The number of carbonyl (C=O) groups is 1. The molecule has 0 unspecified atom stereocenters. The first-order valence-electron chi connectivity index (χ1n) is 16.0. The number of carbonyl (C=O) groups excluding carboxylic acids is 1. The lowest BCUT2D eigenvalue weighted by Gasteiger charge is -2.66. The molecule has 4 saturated heterocycles. The molecule has 5 aliphatic heterocycles. The van der Waals surface area contributed by atoms with Gasteiger partial charge < -0.3 is 14.4 Å². The molecule has 2 aromatic rings. The average molecular weight is 556 g/mol. The van der Waals surface area contributed by atoms with Gasteiger partial charge in [-0.05, 0) is 94.5 Å². The fraction of sp³-hybridized carbons (Fsp3) is 0.667. The van der Waals surface area contributed by atoms with E-state index in [1.54, 1.807) is 19.5 Å². The summed E-state index contributed by atoms with van der Waals surface area (Å²) in [5.41, 5.74) is 3.04. The van der Waals surface area contributed by atoms with Crippen LogP contribution in [0, 0.1) is 11.3 Å². The normalized spacial score (nSPS) is 37.0. The summed E-state index contributed by atoms with van der Waals surface area (Å²) < 4.78 is 13.0. The molecule has 0 N–H and O–H groups in total. The van der Waals surface area contributed by atoms with Crippen molar-refractivity contribution in [2.24, 2.45) is 11.3 Å². The number of hydrogen-bond donors (Lipinski definition) is 0. The predicted molar refractivity (Wildman–Crippen MR) is 153 cm³/mol. The van der Waals surface area contributed by atoms with Gasteiger partial charge in [0.25, 0.3) is 0 Å². The summed E-state index contributed by atoms with van der Waals surface area (Å²) in [7, 11) is 1.77. The van der Waals surface area contributed by atoms with E-state index in [2.05, 4.69) is 36.8 Å². The second-order valence-corrected chi connectivity index (χ2v) is 13.9. The van der Waals surface area contributed by atoms with Gasteiger partial charge in [-0.2, -0.15) is 0 Å². The minimum Gasteiger partial charge on any atom is -0.493 e. The van der Waals surface area contributed by atoms with E-state index < -0.39 is 0 Å². The fourth-order valence-corrected chi connectivity index (χ4v) is 10.5. The van der Waals surface area contributed by atoms with E-state index >= 15 is 0 Å². The summed E-state index contributed by atoms with van der Waals surface area (Å²) in [6.07, 6.45) is 13.9. The van der Waals surface area contributed by atoms with Crippen LogP contribution in [-0.2, 0) is 23.2 Å². The van der Waals surface area contributed by atoms with Gasteiger partial charge in [-0.1, -0.05) is 6.07 Å². The Kier molecular flexibility index (Phi) is 5.39. The zero-order valence-electron chi connectivity index (χ0n) is 24.1. The number of aromatic nitrogens is 2. The molecule has 6 heterocycles. The first kappa shape index (κ1) is 24.8. The quantitative estimate of drug-likeness (QED) is 0.540. The lowest BCUT2D eigenvalue weighted by molar-refractivity contribution is -0.147. The maximum Gasteiger partial charge on any atom is 0.240 e. The molecule has 41 heavy (non-hydrogen) atoms. The summed E-state index contributed by atoms with van der Waals surface area (Å²) in [4.78, 5) is 31.0. The SMILES string of the molecule is COc1ccc2c3c1O[C@H]1[C@H]4CC[C@@]5(CCN4C(=O)[C@@H]4CCCN4Cc4ncccn4)[C@@H](C2)N(CC2CC2)CC[C@]315. The second kappa shape index (κ2) is 8.90. The molecule has 8 nitrogen and oxygen atoms in total. The summed E-state index contributed by atoms with van der Waals surface area (Å²) in [6.45, 7) is 4.79. The second-order valence-electron chi connectivity index (χ2n) is 13.9. The molecule has 6 fully saturated rings. The number of nitrogens with zero attached hydrogens (tertiary/aromatic N) is 5. The number of fused-ring (bicyclic) bond motifs is 3. The van der Waals surface area contributed by atoms with E-state index in [1.807, 2.05) is 6.07 Å². The average Bonchev–Trinajstić information content (AvgIpc) is 3.66. The zero-order valence-corrected chi connectivity index (χ0v) is 24.1. The standard InChI is InChI=1S/C33H41N5O3/c1-40-25-8-7-22-18-26-32-10-9-23(30-33(32,28(22)29(25)41-30)12-16-37(26)19-21-5-6-21)38(17-11-32)31(39)24-4-2-15-36(24)20-27-34-13-3-14-35-27/h3,7-8,13-14,21,23-24,26,30H,2,4-6,9-12,15-20H2,1H3/t23-,24+,26-,30+,32-,33+/m1/s1. The Morgan fingerprint density at radius 1 is 1.05 bits per heavy atom. The van der Waals surface area contributed by atoms with Crippen LogP contribution >= 0.6 is 0 Å². The van der Waals surface area contributed by atoms with Crippen LogP contribution in [0.25, 0.3) is 0 Å². The summed E-state index contributed by atoms with van der Waals surface area (Å²) in [6, 6.07) is 6.84. The van der Waals surface area contributed by atoms with E-state index in [0.29, 0.717) is 18.5 Å². The number of hydrogen-bond acceptors (Lipinski definition) is 7. The number of ether oxygens (including phenoxy) is 2. The van der Waals surface area contributed by atoms with Crippen LogP contribution < -0.4 is 9.47 Å². The summed E-state index contributed by atoms with van der Waals surface area (Å²) in [5, 5.41) is 0. The van der Waals surface area contributed by atoms with E-state index in [-0.39, 0.29) is 29.0 Å². The molecule has 10 rings (SSSR count). The number of likely N-dealkylation sites (tertiary alicyclic amines) is 2. The van der Waals surface area contributed by atoms with Crippen LogP contribution in [-0.4, -0.2) is 88.1 Å². The minimum absolute atomic E-state index is 0.00550. The van der Waals surface area contributed by atoms with E-state index in [9.17, 15) is 4.79 Å². The predicted octanol–water partition coefficient (Wildman–Crippen LogP) is 3.57. The number of amides is 1. The number of piperidine rings is 1. The van der Waals surface area contributed by atoms with Crippen molar-refractivity contribution in [3.8, 4) is 11.5 Å². The molecule has 6 atom stereocenters. The van der Waals surface area contributed by atoms with Gasteiger partial charge in [0, 0.05) is 47.9 Å². The van der Waals surface area contributed by atoms with Crippen molar-refractivity contribution in [1.29, 1.82) is 0 Å². The maximum absolute atomic E-state index is 14.6. The Bertz CT molecular complexity index is 1380. The van der Waals surface area contributed by atoms with Gasteiger partial charge in [0.15, 0.2) is 11.5 Å². The van der Waals surface area contributed by atoms with Crippen LogP contribution in [0.15, 0.2) is 30.6 Å². The Morgan fingerprint density at radius 2 is 1.93 bits per heavy atom. The van der Waals surface area contributed by atoms with Crippen LogP contribution in [0.3, 0.4) is 0 Å². The number of rotatable bonds is 6. The van der Waals surface area contributed by atoms with Gasteiger partial charge in [-0.15, -0.1) is 0 Å². The lowest BCUT2D eigenvalue weighted by Crippen LogP contribution is -2.73. The van der Waals surface area contributed by atoms with Crippen LogP contribution in [0.5, 0.6) is 11.5 Å². The van der Waals surface area contributed by atoms with E-state index in [4.69, 9.17) is 9.47 Å². The molecule has 4 bridgehead atoms. The highest BCUT2D eigenvalue weighted by Gasteiger charge is 2.74. The molecule has 2 spiro atoms. The van der Waals surface area contributed by atoms with Gasteiger partial charge in [-0.3, -0.25) is 14.6 Å². The minimum atomic E-state index is -0.104. The van der Waals surface area contributed by atoms with Crippen LogP contribution in [0.2, 0.25) is 0 Å². The molecule has 1 amide bonds. The largest absolute Gasteiger partial charge is 0.493 e. The molecular formula is C33H41N5O3. The first-order valence-corrected chi connectivity index (χ1v) is 16.0. The van der Waals surface area contributed by atoms with Crippen molar-refractivity contribution < 1.29 is 14.3 Å². The lowest BCUT2D eigenvalue weighted by atomic mass is 9.42. The highest BCUT2D eigenvalue weighted by atomic mass is 16.5. The maximum atomic E-state index is 14.6. The number of methoxy groups -OCH3 is 1. The Morgan fingerprint density at radius 3 is 2.76 bits per heavy atom. The highest BCUT2D eigenvalue weighted by Crippen LogP contribution is 2.71. The third-order valence-corrected chi connectivity index (χ3v) is 12.3. The van der Waals surface area contributed by atoms with Gasteiger partial charge in [-0.25, -0.2) is 9.97 Å². The van der Waals surface area contributed by atoms with Gasteiger partial charge in [0.2, 0.25) is 5.91 Å². The fourth-order valence-electron chi connectivity index (χ4n) is 10.5. The Balaban J connectivity index is 1.11. The molecule has 1 aromatic carbocycles. The van der Waals surface area contributed by atoms with Crippen LogP contribution in [0.1, 0.15) is 68.3 Å². The molecular weight excluding hydrogens is 514 g/mol. The third-order valence-electron chi connectivity index (χ3n) is 12.3. The molecule has 0 radical (unpaired) electrons. The molecule has 8 aliphatic rings. The molecule has 8 heteroatoms.